The second kappa shape index (κ2) is 14.8. The Morgan fingerprint density at radius 1 is 0.914 bits per heavy atom. The average molecular weight is 509 g/mol. The Morgan fingerprint density at radius 2 is 1.49 bits per heavy atom. The molecule has 35 heavy (non-hydrogen) atoms. The van der Waals surface area contributed by atoms with Gasteiger partial charge in [0.1, 0.15) is 18.1 Å². The lowest BCUT2D eigenvalue weighted by Gasteiger charge is -2.42. The Balaban J connectivity index is 2.77. The third-order valence-corrected chi connectivity index (χ3v) is 12.2. The fourth-order valence-electron chi connectivity index (χ4n) is 4.60. The van der Waals surface area contributed by atoms with Gasteiger partial charge in [-0.25, -0.2) is 4.79 Å². The van der Waals surface area contributed by atoms with Crippen LogP contribution >= 0.6 is 0 Å². The van der Waals surface area contributed by atoms with Gasteiger partial charge in [-0.2, -0.15) is 0 Å². The zero-order valence-corrected chi connectivity index (χ0v) is 24.6. The van der Waals surface area contributed by atoms with Crippen molar-refractivity contribution in [2.45, 2.75) is 91.1 Å². The first-order valence-electron chi connectivity index (χ1n) is 12.6. The molecule has 0 unspecified atom stereocenters. The topological polar surface area (TPSA) is 63.2 Å². The lowest BCUT2D eigenvalue weighted by molar-refractivity contribution is -0.148. The number of benzene rings is 1. The predicted molar refractivity (Wildman–Crippen MR) is 144 cm³/mol. The van der Waals surface area contributed by atoms with Crippen molar-refractivity contribution < 1.29 is 28.2 Å². The van der Waals surface area contributed by atoms with Gasteiger partial charge in [-0.1, -0.05) is 59.8 Å². The van der Waals surface area contributed by atoms with E-state index in [1.165, 1.54) is 6.08 Å². The van der Waals surface area contributed by atoms with Gasteiger partial charge in [0.15, 0.2) is 8.32 Å². The highest BCUT2D eigenvalue weighted by atomic mass is 28.4. The van der Waals surface area contributed by atoms with E-state index in [-0.39, 0.29) is 18.7 Å². The van der Waals surface area contributed by atoms with Crippen LogP contribution in [-0.4, -0.2) is 47.0 Å². The number of carbonyl (C=O) groups is 1. The summed E-state index contributed by atoms with van der Waals surface area (Å²) in [6, 6.07) is 7.74. The quantitative estimate of drug-likeness (QED) is 0.0845. The summed E-state index contributed by atoms with van der Waals surface area (Å²) in [6.07, 6.45) is 3.34. The second-order valence-corrected chi connectivity index (χ2v) is 16.4. The summed E-state index contributed by atoms with van der Waals surface area (Å²) < 4.78 is 28.9. The van der Waals surface area contributed by atoms with Crippen LogP contribution in [0, 0.1) is 5.92 Å². The minimum atomic E-state index is -2.04. The molecule has 0 amide bonds. The Hall–Kier alpha value is -1.67. The van der Waals surface area contributed by atoms with E-state index in [0.717, 1.165) is 11.3 Å². The van der Waals surface area contributed by atoms with Crippen molar-refractivity contribution in [3.8, 4) is 5.75 Å². The molecule has 200 valence electrons. The summed E-state index contributed by atoms with van der Waals surface area (Å²) in [5, 5.41) is 0. The number of ether oxygens (including phenoxy) is 4. The van der Waals surface area contributed by atoms with Crippen LogP contribution < -0.4 is 4.74 Å². The monoisotopic (exact) mass is 508 g/mol. The van der Waals surface area contributed by atoms with Crippen LogP contribution in [0.4, 0.5) is 0 Å². The normalized spacial score (nSPS) is 13.7. The van der Waals surface area contributed by atoms with E-state index in [2.05, 4.69) is 41.5 Å². The first-order valence-corrected chi connectivity index (χ1v) is 14.8. The molecule has 0 fully saturated rings. The van der Waals surface area contributed by atoms with Crippen LogP contribution in [0.15, 0.2) is 36.4 Å². The maximum absolute atomic E-state index is 12.3. The molecule has 6 nitrogen and oxygen atoms in total. The van der Waals surface area contributed by atoms with Crippen LogP contribution in [0.5, 0.6) is 5.75 Å². The first kappa shape index (κ1) is 31.4. The van der Waals surface area contributed by atoms with Crippen LogP contribution in [-0.2, 0) is 30.0 Å². The van der Waals surface area contributed by atoms with E-state index in [1.807, 2.05) is 51.1 Å². The van der Waals surface area contributed by atoms with E-state index in [9.17, 15) is 4.79 Å². The molecule has 0 saturated heterocycles. The molecule has 0 spiro atoms. The smallest absolute Gasteiger partial charge is 0.330 e. The largest absolute Gasteiger partial charge is 0.497 e. The van der Waals surface area contributed by atoms with Crippen LogP contribution in [0.2, 0.25) is 16.6 Å². The fourth-order valence-corrected chi connectivity index (χ4v) is 10.1. The number of carbonyl (C=O) groups excluding carboxylic acids is 1. The molecule has 0 radical (unpaired) electrons. The molecule has 1 aromatic carbocycles. The molecule has 1 rings (SSSR count). The maximum atomic E-state index is 12.3. The summed E-state index contributed by atoms with van der Waals surface area (Å²) in [5.74, 6) is 0.363. The average Bonchev–Trinajstić information content (AvgIpc) is 2.75. The molecule has 0 aromatic heterocycles. The predicted octanol–water partition coefficient (Wildman–Crippen LogP) is 6.89. The van der Waals surface area contributed by atoms with Crippen molar-refractivity contribution in [3.05, 3.63) is 42.0 Å². The summed E-state index contributed by atoms with van der Waals surface area (Å²) in [7, 11) is -0.393. The van der Waals surface area contributed by atoms with E-state index in [1.54, 1.807) is 7.11 Å². The third kappa shape index (κ3) is 10.9. The molecular weight excluding hydrogens is 460 g/mol. The lowest BCUT2D eigenvalue weighted by atomic mass is 10.1. The van der Waals surface area contributed by atoms with Crippen molar-refractivity contribution in [2.24, 2.45) is 5.92 Å². The van der Waals surface area contributed by atoms with E-state index >= 15 is 0 Å². The van der Waals surface area contributed by atoms with E-state index in [4.69, 9.17) is 23.4 Å². The molecule has 0 saturated carbocycles. The number of methoxy groups -OCH3 is 1. The third-order valence-electron chi connectivity index (χ3n) is 6.09. The van der Waals surface area contributed by atoms with Crippen molar-refractivity contribution in [2.75, 3.05) is 27.1 Å². The van der Waals surface area contributed by atoms with E-state index in [0.29, 0.717) is 36.4 Å². The molecular formula is C28H48O6Si. The van der Waals surface area contributed by atoms with Gasteiger partial charge in [0.05, 0.1) is 20.3 Å². The zero-order valence-electron chi connectivity index (χ0n) is 23.6. The zero-order chi connectivity index (χ0) is 26.6. The molecule has 0 bridgehead atoms. The van der Waals surface area contributed by atoms with Gasteiger partial charge in [0, 0.05) is 18.6 Å². The molecule has 0 aliphatic rings. The highest BCUT2D eigenvalue weighted by molar-refractivity contribution is 6.77. The highest BCUT2D eigenvalue weighted by Gasteiger charge is 2.45. The van der Waals surface area contributed by atoms with E-state index < -0.39 is 13.9 Å². The Kier molecular flexibility index (Phi) is 13.2. The van der Waals surface area contributed by atoms with Crippen molar-refractivity contribution in [1.29, 1.82) is 0 Å². The van der Waals surface area contributed by atoms with Gasteiger partial charge >= 0.3 is 5.97 Å². The van der Waals surface area contributed by atoms with Crippen LogP contribution in [0.25, 0.3) is 0 Å². The summed E-state index contributed by atoms with van der Waals surface area (Å²) >= 11 is 0. The minimum Gasteiger partial charge on any atom is -0.497 e. The highest BCUT2D eigenvalue weighted by Crippen LogP contribution is 2.42. The first-order chi connectivity index (χ1) is 16.3. The minimum absolute atomic E-state index is 0.0878. The molecule has 1 aromatic rings. The molecule has 0 aliphatic carbocycles. The Morgan fingerprint density at radius 3 is 1.97 bits per heavy atom. The summed E-state index contributed by atoms with van der Waals surface area (Å²) in [4.78, 5) is 12.3. The standard InChI is InChI=1S/C28H48O6Si/c1-21(2)35(22(3)4,23(5)6)33-19-25(13-16-27(29)34-28(7,8)9)18-32-20-31-17-24-11-14-26(30-10)15-12-24/h11-16,21-23,25H,17-20H2,1-10H3/b16-13+/t25-/m1/s1. The summed E-state index contributed by atoms with van der Waals surface area (Å²) in [6.45, 7) is 20.7. The van der Waals surface area contributed by atoms with Crippen molar-refractivity contribution >= 4 is 14.3 Å². The van der Waals surface area contributed by atoms with Crippen LogP contribution in [0.3, 0.4) is 0 Å². The fraction of sp³-hybridized carbons (Fsp3) is 0.679. The summed E-state index contributed by atoms with van der Waals surface area (Å²) in [5.41, 5.74) is 1.94. The Labute approximate surface area is 214 Å². The van der Waals surface area contributed by atoms with Crippen LogP contribution in [0.1, 0.15) is 67.9 Å². The van der Waals surface area contributed by atoms with Gasteiger partial charge in [-0.05, 0) is 55.1 Å². The van der Waals surface area contributed by atoms with Crippen molar-refractivity contribution in [1.82, 2.24) is 0 Å². The van der Waals surface area contributed by atoms with Gasteiger partial charge in [0.25, 0.3) is 0 Å². The van der Waals surface area contributed by atoms with Crippen molar-refractivity contribution in [3.63, 3.8) is 0 Å². The Bertz CT molecular complexity index is 743. The SMILES string of the molecule is COc1ccc(COCOC[C@@H](/C=C/C(=O)OC(C)(C)C)CO[Si](C(C)C)(C(C)C)C(C)C)cc1. The molecule has 7 heteroatoms. The second-order valence-electron chi connectivity index (χ2n) is 11.0. The lowest BCUT2D eigenvalue weighted by Crippen LogP contribution is -2.48. The van der Waals surface area contributed by atoms with Gasteiger partial charge < -0.3 is 23.4 Å². The molecule has 0 aliphatic heterocycles. The number of hydrogen-bond donors (Lipinski definition) is 0. The van der Waals surface area contributed by atoms with Gasteiger partial charge in [-0.15, -0.1) is 0 Å². The molecule has 1 atom stereocenters. The number of esters is 1. The number of hydrogen-bond acceptors (Lipinski definition) is 6. The maximum Gasteiger partial charge on any atom is 0.330 e. The van der Waals surface area contributed by atoms with Gasteiger partial charge in [0.2, 0.25) is 0 Å². The number of rotatable bonds is 15. The van der Waals surface area contributed by atoms with Gasteiger partial charge in [-0.3, -0.25) is 0 Å². The molecule has 0 N–H and O–H groups in total. The molecule has 0 heterocycles.